The van der Waals surface area contributed by atoms with Gasteiger partial charge in [0.25, 0.3) is 0 Å². The average molecular weight is 329 g/mol. The summed E-state index contributed by atoms with van der Waals surface area (Å²) in [5, 5.41) is 0.106. The Hall–Kier alpha value is -1.14. The summed E-state index contributed by atoms with van der Waals surface area (Å²) in [7, 11) is 0. The predicted molar refractivity (Wildman–Crippen MR) is 83.3 cm³/mol. The summed E-state index contributed by atoms with van der Waals surface area (Å²) >= 11 is 7.29. The molecule has 0 amide bonds. The first-order valence-electron chi connectivity index (χ1n) is 6.37. The standard InChI is InChI=1S/C15H15ClF2N2S/c16-14-3-1-2-10(15(14)18)8-12(20-19)9-21-13-6-4-11(17)5-7-13/h1-7,12,20H,8-9,19H2. The van der Waals surface area contributed by atoms with Gasteiger partial charge in [-0.05, 0) is 42.3 Å². The third-order valence-corrected chi connectivity index (χ3v) is 4.46. The fourth-order valence-electron chi connectivity index (χ4n) is 1.87. The van der Waals surface area contributed by atoms with Gasteiger partial charge < -0.3 is 0 Å². The van der Waals surface area contributed by atoms with Gasteiger partial charge in [0.1, 0.15) is 11.6 Å². The highest BCUT2D eigenvalue weighted by atomic mass is 35.5. The first kappa shape index (κ1) is 16.2. The van der Waals surface area contributed by atoms with E-state index < -0.39 is 5.82 Å². The van der Waals surface area contributed by atoms with E-state index in [4.69, 9.17) is 17.4 Å². The predicted octanol–water partition coefficient (Wildman–Crippen LogP) is 3.78. The van der Waals surface area contributed by atoms with E-state index >= 15 is 0 Å². The molecule has 2 rings (SSSR count). The van der Waals surface area contributed by atoms with Gasteiger partial charge in [-0.25, -0.2) is 8.78 Å². The van der Waals surface area contributed by atoms with Crippen molar-refractivity contribution in [2.75, 3.05) is 5.75 Å². The van der Waals surface area contributed by atoms with Crippen LogP contribution in [0, 0.1) is 11.6 Å². The molecule has 0 spiro atoms. The second-order valence-corrected chi connectivity index (χ2v) is 6.05. The van der Waals surface area contributed by atoms with Crippen molar-refractivity contribution < 1.29 is 8.78 Å². The molecule has 0 saturated carbocycles. The van der Waals surface area contributed by atoms with E-state index in [1.165, 1.54) is 30.0 Å². The number of nitrogens with one attached hydrogen (secondary N) is 1. The van der Waals surface area contributed by atoms with Crippen LogP contribution in [-0.2, 0) is 6.42 Å². The van der Waals surface area contributed by atoms with Crippen LogP contribution in [0.1, 0.15) is 5.56 Å². The molecule has 1 atom stereocenters. The zero-order chi connectivity index (χ0) is 15.2. The van der Waals surface area contributed by atoms with Crippen LogP contribution in [0.4, 0.5) is 8.78 Å². The largest absolute Gasteiger partial charge is 0.271 e. The summed E-state index contributed by atoms with van der Waals surface area (Å²) in [6.45, 7) is 0. The molecule has 1 unspecified atom stereocenters. The van der Waals surface area contributed by atoms with Crippen molar-refractivity contribution in [2.45, 2.75) is 17.4 Å². The second-order valence-electron chi connectivity index (χ2n) is 4.55. The molecule has 0 aliphatic rings. The van der Waals surface area contributed by atoms with Crippen molar-refractivity contribution >= 4 is 23.4 Å². The topological polar surface area (TPSA) is 38.0 Å². The van der Waals surface area contributed by atoms with Crippen molar-refractivity contribution in [3.05, 3.63) is 64.7 Å². The van der Waals surface area contributed by atoms with E-state index in [0.717, 1.165) is 4.90 Å². The monoisotopic (exact) mass is 328 g/mol. The van der Waals surface area contributed by atoms with E-state index in [9.17, 15) is 8.78 Å². The molecular formula is C15H15ClF2N2S. The van der Waals surface area contributed by atoms with E-state index in [-0.39, 0.29) is 16.9 Å². The summed E-state index contributed by atoms with van der Waals surface area (Å²) in [5.41, 5.74) is 3.19. The lowest BCUT2D eigenvalue weighted by atomic mass is 10.1. The Morgan fingerprint density at radius 3 is 2.52 bits per heavy atom. The molecule has 0 aromatic heterocycles. The smallest absolute Gasteiger partial charge is 0.145 e. The lowest BCUT2D eigenvalue weighted by Crippen LogP contribution is -2.38. The van der Waals surface area contributed by atoms with Crippen molar-refractivity contribution in [2.24, 2.45) is 5.84 Å². The minimum Gasteiger partial charge on any atom is -0.271 e. The molecule has 2 aromatic carbocycles. The number of hydrogen-bond acceptors (Lipinski definition) is 3. The first-order valence-corrected chi connectivity index (χ1v) is 7.74. The van der Waals surface area contributed by atoms with Crippen LogP contribution >= 0.6 is 23.4 Å². The molecular weight excluding hydrogens is 314 g/mol. The fourth-order valence-corrected chi connectivity index (χ4v) is 3.00. The van der Waals surface area contributed by atoms with Gasteiger partial charge in [-0.15, -0.1) is 11.8 Å². The minimum absolute atomic E-state index is 0.106. The molecule has 0 fully saturated rings. The van der Waals surface area contributed by atoms with Gasteiger partial charge in [0, 0.05) is 16.7 Å². The Bertz CT molecular complexity index is 593. The highest BCUT2D eigenvalue weighted by Crippen LogP contribution is 2.22. The Labute approximate surface area is 131 Å². The number of hydrazine groups is 1. The average Bonchev–Trinajstić information content (AvgIpc) is 2.49. The molecule has 0 saturated heterocycles. The van der Waals surface area contributed by atoms with Gasteiger partial charge in [-0.1, -0.05) is 23.7 Å². The fraction of sp³-hybridized carbons (Fsp3) is 0.200. The van der Waals surface area contributed by atoms with Crippen LogP contribution in [-0.4, -0.2) is 11.8 Å². The molecule has 112 valence electrons. The van der Waals surface area contributed by atoms with E-state index in [0.29, 0.717) is 17.7 Å². The summed E-state index contributed by atoms with van der Waals surface area (Å²) in [5.74, 6) is 5.47. The summed E-state index contributed by atoms with van der Waals surface area (Å²) in [4.78, 5) is 0.934. The maximum atomic E-state index is 13.9. The van der Waals surface area contributed by atoms with Gasteiger partial charge in [-0.2, -0.15) is 0 Å². The molecule has 0 aliphatic heterocycles. The summed E-state index contributed by atoms with van der Waals surface area (Å²) in [6.07, 6.45) is 0.428. The van der Waals surface area contributed by atoms with Crippen molar-refractivity contribution in [3.8, 4) is 0 Å². The molecule has 0 bridgehead atoms. The number of hydrogen-bond donors (Lipinski definition) is 2. The third-order valence-electron chi connectivity index (χ3n) is 3.00. The molecule has 21 heavy (non-hydrogen) atoms. The Morgan fingerprint density at radius 1 is 1.14 bits per heavy atom. The van der Waals surface area contributed by atoms with E-state index in [1.807, 2.05) is 0 Å². The molecule has 2 aromatic rings. The molecule has 2 nitrogen and oxygen atoms in total. The number of thioether (sulfide) groups is 1. The SMILES string of the molecule is NNC(CSc1ccc(F)cc1)Cc1cccc(Cl)c1F. The molecule has 0 heterocycles. The number of halogens is 3. The molecule has 3 N–H and O–H groups in total. The highest BCUT2D eigenvalue weighted by Gasteiger charge is 2.13. The van der Waals surface area contributed by atoms with Crippen LogP contribution in [0.5, 0.6) is 0 Å². The van der Waals surface area contributed by atoms with Crippen LogP contribution < -0.4 is 11.3 Å². The van der Waals surface area contributed by atoms with Gasteiger partial charge in [0.15, 0.2) is 0 Å². The van der Waals surface area contributed by atoms with Crippen LogP contribution in [0.15, 0.2) is 47.4 Å². The second kappa shape index (κ2) is 7.75. The van der Waals surface area contributed by atoms with Crippen molar-refractivity contribution in [3.63, 3.8) is 0 Å². The minimum atomic E-state index is -0.411. The molecule has 6 heteroatoms. The molecule has 0 aliphatic carbocycles. The Balaban J connectivity index is 1.97. The van der Waals surface area contributed by atoms with Gasteiger partial charge in [0.2, 0.25) is 0 Å². The van der Waals surface area contributed by atoms with Crippen molar-refractivity contribution in [1.29, 1.82) is 0 Å². The van der Waals surface area contributed by atoms with Gasteiger partial charge in [0.05, 0.1) is 5.02 Å². The summed E-state index contributed by atoms with van der Waals surface area (Å²) < 4.78 is 26.7. The van der Waals surface area contributed by atoms with Crippen molar-refractivity contribution in [1.82, 2.24) is 5.43 Å². The van der Waals surface area contributed by atoms with Gasteiger partial charge >= 0.3 is 0 Å². The lowest BCUT2D eigenvalue weighted by molar-refractivity contribution is 0.547. The van der Waals surface area contributed by atoms with Crippen LogP contribution in [0.2, 0.25) is 5.02 Å². The normalized spacial score (nSPS) is 12.4. The van der Waals surface area contributed by atoms with E-state index in [2.05, 4.69) is 5.43 Å². The number of benzene rings is 2. The first-order chi connectivity index (χ1) is 10.1. The highest BCUT2D eigenvalue weighted by molar-refractivity contribution is 7.99. The quantitative estimate of drug-likeness (QED) is 0.481. The zero-order valence-corrected chi connectivity index (χ0v) is 12.7. The van der Waals surface area contributed by atoms with Gasteiger partial charge in [-0.3, -0.25) is 11.3 Å². The number of rotatable bonds is 6. The summed E-state index contributed by atoms with van der Waals surface area (Å²) in [6, 6.07) is 11.0. The molecule has 0 radical (unpaired) electrons. The van der Waals surface area contributed by atoms with Crippen LogP contribution in [0.25, 0.3) is 0 Å². The Morgan fingerprint density at radius 2 is 1.86 bits per heavy atom. The van der Waals surface area contributed by atoms with E-state index in [1.54, 1.807) is 24.3 Å². The lowest BCUT2D eigenvalue weighted by Gasteiger charge is -2.16. The maximum absolute atomic E-state index is 13.9. The third kappa shape index (κ3) is 4.68. The maximum Gasteiger partial charge on any atom is 0.145 e. The zero-order valence-electron chi connectivity index (χ0n) is 11.2. The Kier molecular flexibility index (Phi) is 5.99. The van der Waals surface area contributed by atoms with Crippen LogP contribution in [0.3, 0.4) is 0 Å². The number of nitrogens with two attached hydrogens (primary N) is 1.